The van der Waals surface area contributed by atoms with E-state index in [1.807, 2.05) is 42.1 Å². The van der Waals surface area contributed by atoms with Gasteiger partial charge in [-0.25, -0.2) is 4.79 Å². The Labute approximate surface area is 125 Å². The number of hydrogen-bond donors (Lipinski definition) is 3. The van der Waals surface area contributed by atoms with E-state index in [0.29, 0.717) is 11.3 Å². The minimum absolute atomic E-state index is 0.327. The average molecular weight is 298 g/mol. The Hall–Kier alpha value is -3.02. The van der Waals surface area contributed by atoms with Crippen molar-refractivity contribution in [3.63, 3.8) is 0 Å². The van der Waals surface area contributed by atoms with Crippen LogP contribution in [-0.4, -0.2) is 25.7 Å². The maximum absolute atomic E-state index is 12.0. The summed E-state index contributed by atoms with van der Waals surface area (Å²) < 4.78 is 1.94. The number of aromatic carboxylic acids is 1. The summed E-state index contributed by atoms with van der Waals surface area (Å²) in [6.45, 7) is 1.58. The molecule has 3 aromatic rings. The van der Waals surface area contributed by atoms with Gasteiger partial charge in [-0.3, -0.25) is 4.79 Å². The first-order chi connectivity index (χ1) is 10.4. The number of fused-ring (bicyclic) bond motifs is 1. The van der Waals surface area contributed by atoms with Gasteiger partial charge >= 0.3 is 5.97 Å². The number of carboxylic acid groups (broad SMARTS) is 1. The Morgan fingerprint density at radius 1 is 1.27 bits per heavy atom. The first kappa shape index (κ1) is 13.9. The third-order valence-corrected chi connectivity index (χ3v) is 3.84. The lowest BCUT2D eigenvalue weighted by atomic mass is 10.0. The fourth-order valence-electron chi connectivity index (χ4n) is 2.67. The summed E-state index contributed by atoms with van der Waals surface area (Å²) in [6, 6.07) is 7.51. The monoisotopic (exact) mass is 298 g/mol. The summed E-state index contributed by atoms with van der Waals surface area (Å²) in [5, 5.41) is 20.0. The molecule has 0 spiro atoms. The van der Waals surface area contributed by atoms with E-state index in [-0.39, 0.29) is 0 Å². The first-order valence-corrected chi connectivity index (χ1v) is 6.65. The molecule has 0 aliphatic rings. The molecule has 0 saturated carbocycles. The molecule has 0 amide bonds. The van der Waals surface area contributed by atoms with Crippen molar-refractivity contribution in [2.75, 3.05) is 0 Å². The lowest BCUT2D eigenvalue weighted by Crippen LogP contribution is -2.19. The van der Waals surface area contributed by atoms with E-state index >= 15 is 0 Å². The Kier molecular flexibility index (Phi) is 3.02. The van der Waals surface area contributed by atoms with Crippen molar-refractivity contribution in [1.82, 2.24) is 9.55 Å². The predicted octanol–water partition coefficient (Wildman–Crippen LogP) is 2.25. The number of aryl methyl sites for hydroxylation is 1. The molecule has 1 aromatic carbocycles. The molecule has 2 aromatic heterocycles. The van der Waals surface area contributed by atoms with Crippen LogP contribution < -0.4 is 5.56 Å². The second-order valence-electron chi connectivity index (χ2n) is 5.15. The lowest BCUT2D eigenvalue weighted by molar-refractivity contribution is 0.0691. The van der Waals surface area contributed by atoms with Crippen molar-refractivity contribution in [2.24, 2.45) is 7.05 Å². The van der Waals surface area contributed by atoms with Gasteiger partial charge in [0.2, 0.25) is 0 Å². The molecule has 0 aliphatic carbocycles. The number of carbonyl (C=O) groups is 1. The van der Waals surface area contributed by atoms with Crippen molar-refractivity contribution >= 4 is 16.9 Å². The Morgan fingerprint density at radius 3 is 2.68 bits per heavy atom. The Morgan fingerprint density at radius 2 is 2.00 bits per heavy atom. The van der Waals surface area contributed by atoms with Crippen LogP contribution in [0.5, 0.6) is 5.75 Å². The number of aromatic hydroxyl groups is 1. The van der Waals surface area contributed by atoms with Crippen molar-refractivity contribution < 1.29 is 15.0 Å². The predicted molar refractivity (Wildman–Crippen MR) is 82.3 cm³/mol. The van der Waals surface area contributed by atoms with Gasteiger partial charge in [0.25, 0.3) is 5.56 Å². The summed E-state index contributed by atoms with van der Waals surface area (Å²) in [7, 11) is 1.91. The van der Waals surface area contributed by atoms with E-state index in [9.17, 15) is 14.7 Å². The van der Waals surface area contributed by atoms with Crippen LogP contribution in [0.15, 0.2) is 35.3 Å². The minimum Gasteiger partial charge on any atom is -0.506 e. The van der Waals surface area contributed by atoms with Gasteiger partial charge in [0.1, 0.15) is 5.75 Å². The molecule has 0 aliphatic heterocycles. The maximum Gasteiger partial charge on any atom is 0.345 e. The zero-order chi connectivity index (χ0) is 16.0. The molecule has 3 N–H and O–H groups in total. The smallest absolute Gasteiger partial charge is 0.345 e. The van der Waals surface area contributed by atoms with Crippen LogP contribution in [0.2, 0.25) is 0 Å². The lowest BCUT2D eigenvalue weighted by Gasteiger charge is -2.11. The normalized spacial score (nSPS) is 11.0. The number of carboxylic acids is 1. The van der Waals surface area contributed by atoms with E-state index in [1.54, 1.807) is 6.92 Å². The molecule has 0 bridgehead atoms. The highest BCUT2D eigenvalue weighted by Crippen LogP contribution is 2.33. The van der Waals surface area contributed by atoms with Crippen molar-refractivity contribution in [3.8, 4) is 17.0 Å². The molecule has 112 valence electrons. The van der Waals surface area contributed by atoms with Crippen LogP contribution >= 0.6 is 0 Å². The van der Waals surface area contributed by atoms with Gasteiger partial charge in [0, 0.05) is 35.3 Å². The third kappa shape index (κ3) is 1.88. The summed E-state index contributed by atoms with van der Waals surface area (Å²) in [6.07, 6.45) is 1.90. The van der Waals surface area contributed by atoms with Crippen molar-refractivity contribution in [3.05, 3.63) is 51.9 Å². The number of hydrogen-bond acceptors (Lipinski definition) is 3. The van der Waals surface area contributed by atoms with Gasteiger partial charge in [0.05, 0.1) is 5.69 Å². The second kappa shape index (κ2) is 4.77. The number of nitrogens with one attached hydrogen (secondary N) is 1. The summed E-state index contributed by atoms with van der Waals surface area (Å²) >= 11 is 0. The van der Waals surface area contributed by atoms with Crippen molar-refractivity contribution in [2.45, 2.75) is 6.92 Å². The van der Waals surface area contributed by atoms with Crippen LogP contribution in [0.1, 0.15) is 15.9 Å². The van der Waals surface area contributed by atoms with Crippen LogP contribution in [-0.2, 0) is 7.05 Å². The number of aromatic amines is 1. The highest BCUT2D eigenvalue weighted by molar-refractivity contribution is 5.97. The third-order valence-electron chi connectivity index (χ3n) is 3.84. The summed E-state index contributed by atoms with van der Waals surface area (Å²) in [5.41, 5.74) is 0.997. The topological polar surface area (TPSA) is 95.3 Å². The van der Waals surface area contributed by atoms with Gasteiger partial charge in [-0.15, -0.1) is 0 Å². The molecular formula is C16H14N2O4. The SMILES string of the molecule is Cc1c(-c2cccc3c2ccn3C)[nH]c(=O)c(C(=O)O)c1O. The number of pyridine rings is 1. The molecule has 0 fully saturated rings. The molecule has 6 heteroatoms. The minimum atomic E-state index is -1.45. The van der Waals surface area contributed by atoms with Gasteiger partial charge in [-0.05, 0) is 19.1 Å². The molecule has 2 heterocycles. The van der Waals surface area contributed by atoms with Crippen molar-refractivity contribution in [1.29, 1.82) is 0 Å². The zero-order valence-corrected chi connectivity index (χ0v) is 12.0. The Balaban J connectivity index is 2.37. The number of nitrogens with zero attached hydrogens (tertiary/aromatic N) is 1. The number of aromatic nitrogens is 2. The van der Waals surface area contributed by atoms with E-state index in [1.165, 1.54) is 0 Å². The van der Waals surface area contributed by atoms with Gasteiger partial charge < -0.3 is 19.8 Å². The molecular weight excluding hydrogens is 284 g/mol. The molecule has 22 heavy (non-hydrogen) atoms. The average Bonchev–Trinajstić information content (AvgIpc) is 2.84. The Bertz CT molecular complexity index is 966. The summed E-state index contributed by atoms with van der Waals surface area (Å²) in [4.78, 5) is 25.6. The molecule has 3 rings (SSSR count). The molecule has 0 atom stereocenters. The van der Waals surface area contributed by atoms with E-state index < -0.39 is 22.8 Å². The van der Waals surface area contributed by atoms with Gasteiger partial charge in [-0.1, -0.05) is 12.1 Å². The first-order valence-electron chi connectivity index (χ1n) is 6.65. The number of H-pyrrole nitrogens is 1. The molecule has 0 radical (unpaired) electrons. The highest BCUT2D eigenvalue weighted by Gasteiger charge is 2.21. The highest BCUT2D eigenvalue weighted by atomic mass is 16.4. The largest absolute Gasteiger partial charge is 0.506 e. The fraction of sp³-hybridized carbons (Fsp3) is 0.125. The van der Waals surface area contributed by atoms with Gasteiger partial charge in [0.15, 0.2) is 5.56 Å². The van der Waals surface area contributed by atoms with E-state index in [0.717, 1.165) is 16.5 Å². The second-order valence-corrected chi connectivity index (χ2v) is 5.15. The van der Waals surface area contributed by atoms with Crippen LogP contribution in [0.4, 0.5) is 0 Å². The summed E-state index contributed by atoms with van der Waals surface area (Å²) in [5.74, 6) is -1.95. The molecule has 0 saturated heterocycles. The zero-order valence-electron chi connectivity index (χ0n) is 12.0. The standard InChI is InChI=1S/C16H14N2O4/c1-8-13(17-15(20)12(14(8)19)16(21)22)10-4-3-5-11-9(10)6-7-18(11)2/h3-7H,1-2H3,(H,21,22)(H2,17,19,20). The maximum atomic E-state index is 12.0. The van der Waals surface area contributed by atoms with E-state index in [2.05, 4.69) is 4.98 Å². The van der Waals surface area contributed by atoms with Crippen LogP contribution in [0.3, 0.4) is 0 Å². The van der Waals surface area contributed by atoms with Crippen LogP contribution in [0, 0.1) is 6.92 Å². The fourth-order valence-corrected chi connectivity index (χ4v) is 2.67. The number of rotatable bonds is 2. The van der Waals surface area contributed by atoms with Crippen LogP contribution in [0.25, 0.3) is 22.2 Å². The molecule has 6 nitrogen and oxygen atoms in total. The number of benzene rings is 1. The van der Waals surface area contributed by atoms with E-state index in [4.69, 9.17) is 5.11 Å². The molecule has 0 unspecified atom stereocenters. The van der Waals surface area contributed by atoms with Gasteiger partial charge in [-0.2, -0.15) is 0 Å². The quantitative estimate of drug-likeness (QED) is 0.676.